The highest BCUT2D eigenvalue weighted by Gasteiger charge is 2.31. The van der Waals surface area contributed by atoms with Crippen molar-refractivity contribution in [3.63, 3.8) is 0 Å². The average molecular weight is 369 g/mol. The first-order valence-electron chi connectivity index (χ1n) is 6.60. The van der Waals surface area contributed by atoms with E-state index in [4.69, 9.17) is 23.2 Å². The van der Waals surface area contributed by atoms with Gasteiger partial charge in [0.25, 0.3) is 0 Å². The lowest BCUT2D eigenvalue weighted by Crippen LogP contribution is -2.41. The Morgan fingerprint density at radius 3 is 2.71 bits per heavy atom. The second kappa shape index (κ2) is 7.06. The van der Waals surface area contributed by atoms with Gasteiger partial charge in [0.05, 0.1) is 5.02 Å². The van der Waals surface area contributed by atoms with E-state index >= 15 is 0 Å². The first kappa shape index (κ1) is 17.4. The number of sulfonamides is 1. The van der Waals surface area contributed by atoms with Gasteiger partial charge in [-0.3, -0.25) is 0 Å². The first-order chi connectivity index (χ1) is 9.86. The van der Waals surface area contributed by atoms with Crippen molar-refractivity contribution in [3.8, 4) is 0 Å². The summed E-state index contributed by atoms with van der Waals surface area (Å²) in [6.07, 6.45) is 0. The number of nitrogens with one attached hydrogen (secondary N) is 1. The van der Waals surface area contributed by atoms with Crippen LogP contribution in [0.15, 0.2) is 17.0 Å². The van der Waals surface area contributed by atoms with Crippen molar-refractivity contribution in [1.29, 1.82) is 0 Å². The van der Waals surface area contributed by atoms with Crippen LogP contribution in [0.2, 0.25) is 10.0 Å². The molecule has 1 fully saturated rings. The molecular formula is C13H18Cl2N2O2S2. The molecule has 1 saturated heterocycles. The van der Waals surface area contributed by atoms with E-state index in [0.29, 0.717) is 24.7 Å². The lowest BCUT2D eigenvalue weighted by Gasteiger charge is -2.30. The summed E-state index contributed by atoms with van der Waals surface area (Å²) in [7, 11) is -1.80. The fourth-order valence-electron chi connectivity index (χ4n) is 2.24. The zero-order valence-corrected chi connectivity index (χ0v) is 15.0. The van der Waals surface area contributed by atoms with E-state index in [2.05, 4.69) is 5.32 Å². The Bertz CT molecular complexity index is 623. The predicted molar refractivity (Wildman–Crippen MR) is 89.9 cm³/mol. The van der Waals surface area contributed by atoms with E-state index in [1.165, 1.54) is 10.4 Å². The van der Waals surface area contributed by atoms with Gasteiger partial charge in [-0.05, 0) is 24.7 Å². The highest BCUT2D eigenvalue weighted by atomic mass is 35.5. The van der Waals surface area contributed by atoms with E-state index in [1.54, 1.807) is 24.9 Å². The summed E-state index contributed by atoms with van der Waals surface area (Å²) in [6, 6.07) is 3.08. The van der Waals surface area contributed by atoms with Crippen LogP contribution >= 0.6 is 35.0 Å². The van der Waals surface area contributed by atoms with Crippen LogP contribution in [-0.4, -0.2) is 43.9 Å². The third-order valence-corrected chi connectivity index (χ3v) is 7.11. The Morgan fingerprint density at radius 2 is 2.10 bits per heavy atom. The third kappa shape index (κ3) is 3.86. The molecule has 0 spiro atoms. The van der Waals surface area contributed by atoms with Crippen LogP contribution in [-0.2, 0) is 16.6 Å². The lowest BCUT2D eigenvalue weighted by molar-refractivity contribution is 0.424. The Morgan fingerprint density at radius 1 is 1.38 bits per heavy atom. The van der Waals surface area contributed by atoms with Crippen LogP contribution in [0.25, 0.3) is 0 Å². The number of nitrogens with zero attached hydrogens (tertiary/aromatic N) is 1. The van der Waals surface area contributed by atoms with E-state index in [0.717, 1.165) is 11.3 Å². The van der Waals surface area contributed by atoms with E-state index in [9.17, 15) is 8.42 Å². The minimum atomic E-state index is -3.58. The lowest BCUT2D eigenvalue weighted by atomic mass is 10.2. The maximum Gasteiger partial charge on any atom is 0.244 e. The van der Waals surface area contributed by atoms with Crippen LogP contribution < -0.4 is 5.32 Å². The molecule has 0 aromatic heterocycles. The fraction of sp³-hybridized carbons (Fsp3) is 0.538. The second-order valence-electron chi connectivity index (χ2n) is 4.95. The van der Waals surface area contributed by atoms with Gasteiger partial charge in [-0.15, -0.1) is 0 Å². The van der Waals surface area contributed by atoms with Gasteiger partial charge in [0.15, 0.2) is 0 Å². The summed E-state index contributed by atoms with van der Waals surface area (Å²) in [5.41, 5.74) is 0.724. The molecule has 1 aromatic carbocycles. The zero-order chi connectivity index (χ0) is 15.6. The molecule has 2 rings (SSSR count). The molecule has 0 saturated carbocycles. The highest BCUT2D eigenvalue weighted by Crippen LogP contribution is 2.32. The quantitative estimate of drug-likeness (QED) is 0.887. The smallest absolute Gasteiger partial charge is 0.244 e. The molecule has 118 valence electrons. The Kier molecular flexibility index (Phi) is 5.84. The number of hydrogen-bond donors (Lipinski definition) is 1. The van der Waals surface area contributed by atoms with Crippen molar-refractivity contribution in [3.05, 3.63) is 27.7 Å². The number of rotatable bonds is 4. The summed E-state index contributed by atoms with van der Waals surface area (Å²) in [5.74, 6) is 0.801. The molecule has 1 heterocycles. The van der Waals surface area contributed by atoms with Crippen LogP contribution in [0.4, 0.5) is 0 Å². The molecule has 1 aliphatic rings. The molecule has 0 radical (unpaired) electrons. The molecule has 0 aliphatic carbocycles. The van der Waals surface area contributed by atoms with Gasteiger partial charge in [0.1, 0.15) is 4.90 Å². The van der Waals surface area contributed by atoms with Crippen LogP contribution in [0, 0.1) is 0 Å². The predicted octanol–water partition coefficient (Wildman–Crippen LogP) is 2.84. The molecule has 1 aromatic rings. The maximum absolute atomic E-state index is 12.8. The molecular weight excluding hydrogens is 351 g/mol. The summed E-state index contributed by atoms with van der Waals surface area (Å²) in [6.45, 7) is 3.54. The minimum Gasteiger partial charge on any atom is -0.316 e. The summed E-state index contributed by atoms with van der Waals surface area (Å²) in [5, 5.41) is 3.90. The molecule has 1 atom stereocenters. The molecule has 8 heteroatoms. The maximum atomic E-state index is 12.8. The molecule has 1 N–H and O–H groups in total. The Hall–Kier alpha value is 0.0200. The molecule has 1 unspecified atom stereocenters. The summed E-state index contributed by atoms with van der Waals surface area (Å²) in [4.78, 5) is 0.137. The van der Waals surface area contributed by atoms with Crippen molar-refractivity contribution in [2.45, 2.75) is 23.6 Å². The summed E-state index contributed by atoms with van der Waals surface area (Å²) >= 11 is 14.0. The van der Waals surface area contributed by atoms with Gasteiger partial charge in [-0.25, -0.2) is 8.42 Å². The van der Waals surface area contributed by atoms with Gasteiger partial charge in [0, 0.05) is 35.7 Å². The van der Waals surface area contributed by atoms with Crippen molar-refractivity contribution >= 4 is 45.0 Å². The van der Waals surface area contributed by atoms with E-state index < -0.39 is 10.0 Å². The van der Waals surface area contributed by atoms with Gasteiger partial charge in [0.2, 0.25) is 10.0 Å². The monoisotopic (exact) mass is 368 g/mol. The average Bonchev–Trinajstić information content (AvgIpc) is 2.41. The van der Waals surface area contributed by atoms with E-state index in [-0.39, 0.29) is 15.2 Å². The van der Waals surface area contributed by atoms with Gasteiger partial charge in [-0.1, -0.05) is 30.1 Å². The van der Waals surface area contributed by atoms with Crippen molar-refractivity contribution in [1.82, 2.24) is 9.62 Å². The van der Waals surface area contributed by atoms with Gasteiger partial charge in [-0.2, -0.15) is 16.1 Å². The standard InChI is InChI=1S/C13H18Cl2N2O2S2/c1-9-8-17(3-4-20-9)21(18,19)13-5-10(7-16-2)11(14)6-12(13)15/h5-6,9,16H,3-4,7-8H2,1-2H3. The number of hydrogen-bond acceptors (Lipinski definition) is 4. The molecule has 1 aliphatic heterocycles. The molecule has 0 amide bonds. The van der Waals surface area contributed by atoms with Crippen LogP contribution in [0.5, 0.6) is 0 Å². The number of benzene rings is 1. The van der Waals surface area contributed by atoms with Crippen molar-refractivity contribution < 1.29 is 8.42 Å². The second-order valence-corrected chi connectivity index (χ2v) is 9.22. The number of halogens is 2. The SMILES string of the molecule is CNCc1cc(S(=O)(=O)N2CCSC(C)C2)c(Cl)cc1Cl. The van der Waals surface area contributed by atoms with Gasteiger partial charge < -0.3 is 5.32 Å². The zero-order valence-electron chi connectivity index (χ0n) is 11.9. The topological polar surface area (TPSA) is 49.4 Å². The molecule has 4 nitrogen and oxygen atoms in total. The van der Waals surface area contributed by atoms with Crippen molar-refractivity contribution in [2.75, 3.05) is 25.9 Å². The largest absolute Gasteiger partial charge is 0.316 e. The fourth-order valence-corrected chi connectivity index (χ4v) is 5.83. The molecule has 0 bridgehead atoms. The highest BCUT2D eigenvalue weighted by molar-refractivity contribution is 8.00. The first-order valence-corrected chi connectivity index (χ1v) is 9.85. The van der Waals surface area contributed by atoms with Crippen LogP contribution in [0.1, 0.15) is 12.5 Å². The summed E-state index contributed by atoms with van der Waals surface area (Å²) < 4.78 is 27.1. The minimum absolute atomic E-state index is 0.137. The molecule has 21 heavy (non-hydrogen) atoms. The van der Waals surface area contributed by atoms with Crippen LogP contribution in [0.3, 0.4) is 0 Å². The van der Waals surface area contributed by atoms with E-state index in [1.807, 2.05) is 6.92 Å². The Labute approximate surface area is 140 Å². The van der Waals surface area contributed by atoms with Gasteiger partial charge >= 0.3 is 0 Å². The Balaban J connectivity index is 2.41. The number of thioether (sulfide) groups is 1. The third-order valence-electron chi connectivity index (χ3n) is 3.29. The normalized spacial score (nSPS) is 20.7. The van der Waals surface area contributed by atoms with Crippen molar-refractivity contribution in [2.24, 2.45) is 0 Å².